The molecule has 4 rings (SSSR count). The number of rotatable bonds is 8. The Balaban J connectivity index is 1.30. The third-order valence-corrected chi connectivity index (χ3v) is 6.13. The summed E-state index contributed by atoms with van der Waals surface area (Å²) in [5, 5.41) is 8.70. The van der Waals surface area contributed by atoms with Gasteiger partial charge in [0.25, 0.3) is 0 Å². The maximum atomic E-state index is 12.3. The van der Waals surface area contributed by atoms with Gasteiger partial charge in [-0.25, -0.2) is 4.79 Å². The molecular weight excluding hydrogens is 422 g/mol. The molecule has 1 aliphatic carbocycles. The van der Waals surface area contributed by atoms with Crippen LogP contribution in [-0.2, 0) is 9.53 Å². The molecule has 174 valence electrons. The Morgan fingerprint density at radius 2 is 1.79 bits per heavy atom. The number of hydrogen-bond donors (Lipinski definition) is 2. The van der Waals surface area contributed by atoms with Gasteiger partial charge in [-0.3, -0.25) is 14.7 Å². The summed E-state index contributed by atoms with van der Waals surface area (Å²) in [6.45, 7) is 0.260. The second kappa shape index (κ2) is 10.4. The second-order valence-corrected chi connectivity index (χ2v) is 8.47. The molecule has 1 atom stereocenters. The van der Waals surface area contributed by atoms with Crippen LogP contribution < -0.4 is 15.4 Å². The fourth-order valence-electron chi connectivity index (χ4n) is 4.34. The summed E-state index contributed by atoms with van der Waals surface area (Å²) in [5.74, 6) is 0.503. The number of amidine groups is 1. The number of carboxylic acid groups (broad SMARTS) is 1. The monoisotopic (exact) mass is 451 g/mol. The van der Waals surface area contributed by atoms with Crippen molar-refractivity contribution in [3.05, 3.63) is 59.7 Å². The van der Waals surface area contributed by atoms with Crippen LogP contribution in [0.3, 0.4) is 0 Å². The zero-order chi connectivity index (χ0) is 23.2. The highest BCUT2D eigenvalue weighted by Gasteiger charge is 2.32. The molecule has 1 saturated carbocycles. The van der Waals surface area contributed by atoms with Crippen LogP contribution in [-0.4, -0.2) is 48.8 Å². The van der Waals surface area contributed by atoms with Crippen molar-refractivity contribution in [1.82, 2.24) is 0 Å². The largest absolute Gasteiger partial charge is 0.490 e. The van der Waals surface area contributed by atoms with Gasteiger partial charge >= 0.3 is 12.1 Å². The maximum Gasteiger partial charge on any atom is 0.414 e. The molecule has 2 aromatic carbocycles. The minimum Gasteiger partial charge on any atom is -0.490 e. The highest BCUT2D eigenvalue weighted by molar-refractivity contribution is 5.99. The molecule has 0 spiro atoms. The molecule has 0 radical (unpaired) electrons. The lowest BCUT2D eigenvalue weighted by molar-refractivity contribution is -0.135. The number of nitrogens with zero attached hydrogens (tertiary/aromatic N) is 2. The number of carbonyl (C=O) groups is 2. The van der Waals surface area contributed by atoms with Gasteiger partial charge in [0, 0.05) is 11.3 Å². The minimum atomic E-state index is -1.05. The number of anilines is 1. The van der Waals surface area contributed by atoms with E-state index in [2.05, 4.69) is 17.1 Å². The van der Waals surface area contributed by atoms with Crippen LogP contribution in [0.4, 0.5) is 10.5 Å². The van der Waals surface area contributed by atoms with E-state index in [1.54, 1.807) is 24.3 Å². The van der Waals surface area contributed by atoms with E-state index >= 15 is 0 Å². The van der Waals surface area contributed by atoms with Crippen molar-refractivity contribution in [2.24, 2.45) is 10.7 Å². The highest BCUT2D eigenvalue weighted by Crippen LogP contribution is 2.33. The van der Waals surface area contributed by atoms with E-state index in [1.165, 1.54) is 42.6 Å². The summed E-state index contributed by atoms with van der Waals surface area (Å²) in [5.41, 5.74) is 8.43. The first-order valence-corrected chi connectivity index (χ1v) is 11.3. The summed E-state index contributed by atoms with van der Waals surface area (Å²) in [6, 6.07) is 15.1. The molecule has 2 aromatic rings. The van der Waals surface area contributed by atoms with E-state index in [0.29, 0.717) is 23.7 Å². The van der Waals surface area contributed by atoms with Crippen molar-refractivity contribution >= 4 is 23.6 Å². The first-order valence-electron chi connectivity index (χ1n) is 11.3. The van der Waals surface area contributed by atoms with Gasteiger partial charge in [0.2, 0.25) is 0 Å². The average molecular weight is 452 g/mol. The zero-order valence-electron chi connectivity index (χ0n) is 18.5. The molecule has 2 fully saturated rings. The predicted octanol–water partition coefficient (Wildman–Crippen LogP) is 3.93. The molecule has 1 unspecified atom stereocenters. The molecule has 1 aliphatic heterocycles. The number of carbonyl (C=O) groups excluding carboxylic acids is 1. The lowest BCUT2D eigenvalue weighted by Crippen LogP contribution is -2.26. The van der Waals surface area contributed by atoms with E-state index in [0.717, 1.165) is 5.75 Å². The van der Waals surface area contributed by atoms with Crippen molar-refractivity contribution in [2.45, 2.75) is 44.1 Å². The van der Waals surface area contributed by atoms with E-state index in [9.17, 15) is 9.59 Å². The van der Waals surface area contributed by atoms with Crippen molar-refractivity contribution in [2.75, 3.05) is 24.6 Å². The van der Waals surface area contributed by atoms with Crippen molar-refractivity contribution in [3.8, 4) is 5.75 Å². The average Bonchev–Trinajstić information content (AvgIpc) is 3.22. The molecule has 1 amide bonds. The summed E-state index contributed by atoms with van der Waals surface area (Å²) in [4.78, 5) is 28.3. The van der Waals surface area contributed by atoms with Crippen LogP contribution in [0.2, 0.25) is 0 Å². The van der Waals surface area contributed by atoms with Crippen molar-refractivity contribution in [3.63, 3.8) is 0 Å². The third-order valence-electron chi connectivity index (χ3n) is 6.13. The van der Waals surface area contributed by atoms with Gasteiger partial charge in [-0.1, -0.05) is 31.4 Å². The summed E-state index contributed by atoms with van der Waals surface area (Å²) in [6.07, 6.45) is 5.66. The Bertz CT molecular complexity index is 998. The quantitative estimate of drug-likeness (QED) is 0.464. The maximum absolute atomic E-state index is 12.3. The van der Waals surface area contributed by atoms with Gasteiger partial charge in [-0.2, -0.15) is 0 Å². The molecule has 0 bridgehead atoms. The number of nitrogens with two attached hydrogens (primary N) is 1. The highest BCUT2D eigenvalue weighted by atomic mass is 16.6. The number of hydrogen-bond acceptors (Lipinski definition) is 5. The Kier molecular flexibility index (Phi) is 7.12. The number of aliphatic carboxylic acids is 1. The molecule has 3 N–H and O–H groups in total. The number of cyclic esters (lactones) is 1. The molecule has 0 aromatic heterocycles. The van der Waals surface area contributed by atoms with Gasteiger partial charge < -0.3 is 20.3 Å². The molecule has 1 saturated heterocycles. The van der Waals surface area contributed by atoms with Crippen LogP contribution in [0.1, 0.15) is 49.1 Å². The fraction of sp³-hybridized carbons (Fsp3) is 0.400. The number of benzene rings is 2. The Labute approximate surface area is 193 Å². The minimum absolute atomic E-state index is 0.133. The van der Waals surface area contributed by atoms with E-state index < -0.39 is 18.6 Å². The number of carboxylic acids is 1. The molecular formula is C25H29N3O5. The van der Waals surface area contributed by atoms with Crippen LogP contribution in [0.15, 0.2) is 53.5 Å². The SMILES string of the molecule is NC(=NCC(=O)O)c1ccc(N2CC(COc3ccc(C4CCCCC4)cc3)OC2=O)cc1. The van der Waals surface area contributed by atoms with Gasteiger partial charge in [-0.05, 0) is 60.7 Å². The molecule has 2 aliphatic rings. The Morgan fingerprint density at radius 3 is 2.45 bits per heavy atom. The first-order chi connectivity index (χ1) is 16.0. The molecule has 8 heteroatoms. The van der Waals surface area contributed by atoms with Crippen LogP contribution in [0.25, 0.3) is 0 Å². The smallest absolute Gasteiger partial charge is 0.414 e. The van der Waals surface area contributed by atoms with Crippen LogP contribution >= 0.6 is 0 Å². The first kappa shape index (κ1) is 22.6. The van der Waals surface area contributed by atoms with E-state index in [-0.39, 0.29) is 18.5 Å². The van der Waals surface area contributed by atoms with E-state index in [4.69, 9.17) is 20.3 Å². The van der Waals surface area contributed by atoms with Gasteiger partial charge in [-0.15, -0.1) is 0 Å². The van der Waals surface area contributed by atoms with Crippen LogP contribution in [0.5, 0.6) is 5.75 Å². The Morgan fingerprint density at radius 1 is 1.09 bits per heavy atom. The number of amides is 1. The van der Waals surface area contributed by atoms with E-state index in [1.807, 2.05) is 12.1 Å². The summed E-state index contributed by atoms with van der Waals surface area (Å²) in [7, 11) is 0. The lowest BCUT2D eigenvalue weighted by Gasteiger charge is -2.22. The van der Waals surface area contributed by atoms with Gasteiger partial charge in [0.05, 0.1) is 6.54 Å². The van der Waals surface area contributed by atoms with Gasteiger partial charge in [0.15, 0.2) is 6.10 Å². The Hall–Kier alpha value is -3.55. The molecule has 33 heavy (non-hydrogen) atoms. The summed E-state index contributed by atoms with van der Waals surface area (Å²) < 4.78 is 11.3. The molecule has 1 heterocycles. The predicted molar refractivity (Wildman–Crippen MR) is 125 cm³/mol. The van der Waals surface area contributed by atoms with Crippen LogP contribution in [0, 0.1) is 0 Å². The summed E-state index contributed by atoms with van der Waals surface area (Å²) >= 11 is 0. The third kappa shape index (κ3) is 5.83. The fourth-order valence-corrected chi connectivity index (χ4v) is 4.34. The standard InChI is InChI=1S/C25H29N3O5/c26-24(27-14-23(29)30)19-6-10-20(11-7-19)28-15-22(33-25(28)31)16-32-21-12-8-18(9-13-21)17-4-2-1-3-5-17/h6-13,17,22H,1-5,14-16H2,(H2,26,27)(H,29,30). The van der Waals surface area contributed by atoms with Crippen molar-refractivity contribution < 1.29 is 24.2 Å². The number of aliphatic imine (C=N–C) groups is 1. The molecule has 8 nitrogen and oxygen atoms in total. The normalized spacial score (nSPS) is 19.4. The lowest BCUT2D eigenvalue weighted by atomic mass is 9.84. The van der Waals surface area contributed by atoms with Crippen molar-refractivity contribution in [1.29, 1.82) is 0 Å². The number of ether oxygens (including phenoxy) is 2. The van der Waals surface area contributed by atoms with Gasteiger partial charge in [0.1, 0.15) is 24.7 Å². The second-order valence-electron chi connectivity index (χ2n) is 8.47. The topological polar surface area (TPSA) is 114 Å². The zero-order valence-corrected chi connectivity index (χ0v) is 18.5.